The van der Waals surface area contributed by atoms with E-state index in [9.17, 15) is 18.0 Å². The molecule has 160 valence electrons. The van der Waals surface area contributed by atoms with Crippen molar-refractivity contribution in [2.75, 3.05) is 26.2 Å². The molecule has 0 aromatic heterocycles. The zero-order valence-corrected chi connectivity index (χ0v) is 18.2. The number of benzene rings is 1. The minimum absolute atomic E-state index is 0.0597. The van der Waals surface area contributed by atoms with Crippen molar-refractivity contribution in [3.05, 3.63) is 28.8 Å². The predicted octanol–water partition coefficient (Wildman–Crippen LogP) is 3.07. The lowest BCUT2D eigenvalue weighted by Gasteiger charge is -2.33. The first-order chi connectivity index (χ1) is 13.8. The molecule has 1 aromatic carbocycles. The van der Waals surface area contributed by atoms with Gasteiger partial charge in [0.05, 0.1) is 10.6 Å². The molecular formula is C20H27ClN2O5S. The van der Waals surface area contributed by atoms with Crippen molar-refractivity contribution in [1.82, 2.24) is 9.21 Å². The van der Waals surface area contributed by atoms with Gasteiger partial charge in [0.2, 0.25) is 10.0 Å². The Balaban J connectivity index is 1.70. The van der Waals surface area contributed by atoms with Crippen molar-refractivity contribution >= 4 is 33.5 Å². The molecule has 9 heteroatoms. The van der Waals surface area contributed by atoms with E-state index in [1.807, 2.05) is 6.92 Å². The number of rotatable bonds is 5. The van der Waals surface area contributed by atoms with Crippen LogP contribution in [0.15, 0.2) is 23.1 Å². The average Bonchev–Trinajstić information content (AvgIpc) is 2.73. The number of hydrogen-bond acceptors (Lipinski definition) is 5. The normalized spacial score (nSPS) is 21.0. The molecular weight excluding hydrogens is 416 g/mol. The Labute approximate surface area is 177 Å². The van der Waals surface area contributed by atoms with Crippen LogP contribution < -0.4 is 0 Å². The largest absolute Gasteiger partial charge is 0.452 e. The predicted molar refractivity (Wildman–Crippen MR) is 109 cm³/mol. The van der Waals surface area contributed by atoms with Gasteiger partial charge in [0, 0.05) is 25.7 Å². The van der Waals surface area contributed by atoms with Gasteiger partial charge in [-0.2, -0.15) is 4.31 Å². The third kappa shape index (κ3) is 5.10. The standard InChI is InChI=1S/C20H27ClN2O5S/c1-15-7-3-6-12-23(15)19(24)14-28-20(25)16-8-9-17(21)18(13-16)29(26,27)22-10-4-2-5-11-22/h8-9,13,15H,2-7,10-12,14H2,1H3. The van der Waals surface area contributed by atoms with Crippen LogP contribution in [0.1, 0.15) is 55.8 Å². The maximum absolute atomic E-state index is 12.9. The molecule has 1 aromatic rings. The number of hydrogen-bond donors (Lipinski definition) is 0. The zero-order valence-electron chi connectivity index (χ0n) is 16.6. The molecule has 1 atom stereocenters. The van der Waals surface area contributed by atoms with E-state index >= 15 is 0 Å². The van der Waals surface area contributed by atoms with E-state index in [1.165, 1.54) is 22.5 Å². The molecule has 0 aliphatic carbocycles. The van der Waals surface area contributed by atoms with Gasteiger partial charge in [-0.3, -0.25) is 4.79 Å². The van der Waals surface area contributed by atoms with Crippen LogP contribution in [0.4, 0.5) is 0 Å². The van der Waals surface area contributed by atoms with E-state index in [-0.39, 0.29) is 34.0 Å². The Kier molecular flexibility index (Phi) is 7.19. The van der Waals surface area contributed by atoms with Crippen LogP contribution in [0, 0.1) is 0 Å². The summed E-state index contributed by atoms with van der Waals surface area (Å²) in [6.45, 7) is 3.16. The highest BCUT2D eigenvalue weighted by atomic mass is 35.5. The topological polar surface area (TPSA) is 84.0 Å². The van der Waals surface area contributed by atoms with Crippen LogP contribution in [-0.4, -0.2) is 61.8 Å². The average molecular weight is 443 g/mol. The number of carbonyl (C=O) groups excluding carboxylic acids is 2. The maximum atomic E-state index is 12.9. The molecule has 1 unspecified atom stereocenters. The van der Waals surface area contributed by atoms with E-state index in [0.29, 0.717) is 19.6 Å². The number of carbonyl (C=O) groups is 2. The van der Waals surface area contributed by atoms with Crippen molar-refractivity contribution < 1.29 is 22.7 Å². The number of sulfonamides is 1. The smallest absolute Gasteiger partial charge is 0.338 e. The van der Waals surface area contributed by atoms with Crippen LogP contribution in [-0.2, 0) is 19.6 Å². The summed E-state index contributed by atoms with van der Waals surface area (Å²) in [5, 5.41) is 0.0605. The Hall–Kier alpha value is -1.64. The summed E-state index contributed by atoms with van der Waals surface area (Å²) in [5.74, 6) is -0.976. The van der Waals surface area contributed by atoms with Gasteiger partial charge in [-0.15, -0.1) is 0 Å². The molecule has 2 fully saturated rings. The Morgan fingerprint density at radius 1 is 1.10 bits per heavy atom. The number of likely N-dealkylation sites (tertiary alicyclic amines) is 1. The summed E-state index contributed by atoms with van der Waals surface area (Å²) < 4.78 is 32.4. The number of piperidine rings is 2. The molecule has 2 saturated heterocycles. The maximum Gasteiger partial charge on any atom is 0.338 e. The first-order valence-electron chi connectivity index (χ1n) is 10.1. The molecule has 0 bridgehead atoms. The SMILES string of the molecule is CC1CCCCN1C(=O)COC(=O)c1ccc(Cl)c(S(=O)(=O)N2CCCCC2)c1. The third-order valence-electron chi connectivity index (χ3n) is 5.55. The number of nitrogens with zero attached hydrogens (tertiary/aromatic N) is 2. The second-order valence-electron chi connectivity index (χ2n) is 7.62. The van der Waals surface area contributed by atoms with Gasteiger partial charge in [-0.25, -0.2) is 13.2 Å². The van der Waals surface area contributed by atoms with E-state index in [4.69, 9.17) is 16.3 Å². The lowest BCUT2D eigenvalue weighted by Crippen LogP contribution is -2.44. The number of ether oxygens (including phenoxy) is 1. The number of amides is 1. The van der Waals surface area contributed by atoms with Crippen LogP contribution in [0.25, 0.3) is 0 Å². The second kappa shape index (κ2) is 9.45. The van der Waals surface area contributed by atoms with Gasteiger partial charge in [-0.1, -0.05) is 18.0 Å². The summed E-state index contributed by atoms with van der Waals surface area (Å²) >= 11 is 6.13. The number of halogens is 1. The van der Waals surface area contributed by atoms with Crippen molar-refractivity contribution in [3.63, 3.8) is 0 Å². The summed E-state index contributed by atoms with van der Waals surface area (Å²) in [5.41, 5.74) is 0.0597. The lowest BCUT2D eigenvalue weighted by molar-refractivity contribution is -0.137. The van der Waals surface area contributed by atoms with Gasteiger partial charge in [0.15, 0.2) is 6.61 Å². The third-order valence-corrected chi connectivity index (χ3v) is 7.93. The molecule has 0 radical (unpaired) electrons. The van der Waals surface area contributed by atoms with Gasteiger partial charge >= 0.3 is 5.97 Å². The van der Waals surface area contributed by atoms with Crippen molar-refractivity contribution in [3.8, 4) is 0 Å². The summed E-state index contributed by atoms with van der Waals surface area (Å²) in [4.78, 5) is 26.4. The highest BCUT2D eigenvalue weighted by molar-refractivity contribution is 7.89. The van der Waals surface area contributed by atoms with Gasteiger partial charge in [0.25, 0.3) is 5.91 Å². The molecule has 2 aliphatic heterocycles. The minimum atomic E-state index is -3.79. The van der Waals surface area contributed by atoms with E-state index in [0.717, 1.165) is 38.5 Å². The molecule has 7 nitrogen and oxygen atoms in total. The van der Waals surface area contributed by atoms with Gasteiger partial charge < -0.3 is 9.64 Å². The van der Waals surface area contributed by atoms with Crippen molar-refractivity contribution in [1.29, 1.82) is 0 Å². The fourth-order valence-corrected chi connectivity index (χ4v) is 5.85. The van der Waals surface area contributed by atoms with Crippen LogP contribution in [0.2, 0.25) is 5.02 Å². The van der Waals surface area contributed by atoms with Crippen LogP contribution >= 0.6 is 11.6 Å². The first-order valence-corrected chi connectivity index (χ1v) is 11.9. The molecule has 0 saturated carbocycles. The van der Waals surface area contributed by atoms with Gasteiger partial charge in [-0.05, 0) is 57.2 Å². The quantitative estimate of drug-likeness (QED) is 0.654. The van der Waals surface area contributed by atoms with Crippen molar-refractivity contribution in [2.45, 2.75) is 56.4 Å². The van der Waals surface area contributed by atoms with Crippen LogP contribution in [0.3, 0.4) is 0 Å². The molecule has 29 heavy (non-hydrogen) atoms. The minimum Gasteiger partial charge on any atom is -0.452 e. The van der Waals surface area contributed by atoms with E-state index in [2.05, 4.69) is 0 Å². The highest BCUT2D eigenvalue weighted by Gasteiger charge is 2.29. The van der Waals surface area contributed by atoms with Crippen molar-refractivity contribution in [2.24, 2.45) is 0 Å². The zero-order chi connectivity index (χ0) is 21.0. The molecule has 0 N–H and O–H groups in total. The monoisotopic (exact) mass is 442 g/mol. The fraction of sp³-hybridized carbons (Fsp3) is 0.600. The molecule has 0 spiro atoms. The molecule has 2 heterocycles. The highest BCUT2D eigenvalue weighted by Crippen LogP contribution is 2.28. The summed E-state index contributed by atoms with van der Waals surface area (Å²) in [6, 6.07) is 4.16. The Morgan fingerprint density at radius 2 is 1.79 bits per heavy atom. The van der Waals surface area contributed by atoms with Crippen LogP contribution in [0.5, 0.6) is 0 Å². The molecule has 1 amide bonds. The Bertz CT molecular complexity index is 868. The molecule has 3 rings (SSSR count). The fourth-order valence-electron chi connectivity index (χ4n) is 3.83. The first kappa shape index (κ1) is 22.1. The lowest BCUT2D eigenvalue weighted by atomic mass is 10.0. The van der Waals surface area contributed by atoms with E-state index < -0.39 is 16.0 Å². The summed E-state index contributed by atoms with van der Waals surface area (Å²) in [7, 11) is -3.79. The van der Waals surface area contributed by atoms with E-state index in [1.54, 1.807) is 4.90 Å². The summed E-state index contributed by atoms with van der Waals surface area (Å²) in [6.07, 6.45) is 5.57. The molecule has 2 aliphatic rings. The number of esters is 1. The Morgan fingerprint density at radius 3 is 2.48 bits per heavy atom. The second-order valence-corrected chi connectivity index (χ2v) is 9.93. The van der Waals surface area contributed by atoms with Gasteiger partial charge in [0.1, 0.15) is 4.90 Å².